The molecule has 222 valence electrons. The number of piperazine rings is 1. The van der Waals surface area contributed by atoms with Crippen LogP contribution in [0, 0.1) is 0 Å². The highest BCUT2D eigenvalue weighted by molar-refractivity contribution is 5.96. The Hall–Kier alpha value is -3.01. The van der Waals surface area contributed by atoms with E-state index in [0.717, 1.165) is 92.6 Å². The number of pyridine rings is 1. The summed E-state index contributed by atoms with van der Waals surface area (Å²) in [4.78, 5) is 8.79. The van der Waals surface area contributed by atoms with Crippen molar-refractivity contribution in [2.45, 2.75) is 47.0 Å². The average molecular weight is 555 g/mol. The number of nitrogens with zero attached hydrogens (tertiary/aromatic N) is 5. The maximum absolute atomic E-state index is 6.24. The standard InChI is InChI=1S/C25H32N6O3.C4H10.C2H6.H2/c1-32-23-17-20-21(18-24(23)34-15-12-30-10-13-33-14-11-30)25(31-8-6-27-7-9-31)29-28-22(20)16-19-2-4-26-5-3-19;1-3-4-2;1-2;/h2-5,17-18,27H,6-16H2,1H3;3-4H2,1-2H3;1-2H3;1H. The molecule has 0 spiro atoms. The zero-order chi connectivity index (χ0) is 28.6. The van der Waals surface area contributed by atoms with E-state index in [0.29, 0.717) is 18.8 Å². The van der Waals surface area contributed by atoms with Crippen LogP contribution in [0.5, 0.6) is 11.5 Å². The van der Waals surface area contributed by atoms with E-state index in [1.165, 1.54) is 12.8 Å². The van der Waals surface area contributed by atoms with E-state index in [4.69, 9.17) is 19.3 Å². The van der Waals surface area contributed by atoms with Crippen molar-refractivity contribution in [2.24, 2.45) is 0 Å². The zero-order valence-corrected chi connectivity index (χ0v) is 25.1. The fraction of sp³-hybridized carbons (Fsp3) is 0.581. The van der Waals surface area contributed by atoms with E-state index in [2.05, 4.69) is 51.2 Å². The normalized spacial score (nSPS) is 15.5. The van der Waals surface area contributed by atoms with Gasteiger partial charge in [-0.1, -0.05) is 40.5 Å². The predicted octanol–water partition coefficient (Wildman–Crippen LogP) is 4.82. The topological polar surface area (TPSA) is 84.9 Å². The van der Waals surface area contributed by atoms with E-state index >= 15 is 0 Å². The molecule has 2 saturated heterocycles. The Balaban J connectivity index is 0.000000775. The fourth-order valence-corrected chi connectivity index (χ4v) is 4.52. The molecule has 0 atom stereocenters. The first-order chi connectivity index (χ1) is 19.7. The van der Waals surface area contributed by atoms with Gasteiger partial charge < -0.3 is 24.4 Å². The fourth-order valence-electron chi connectivity index (χ4n) is 4.52. The van der Waals surface area contributed by atoms with Crippen molar-refractivity contribution < 1.29 is 15.6 Å². The molecule has 0 saturated carbocycles. The van der Waals surface area contributed by atoms with Gasteiger partial charge in [0.15, 0.2) is 17.3 Å². The van der Waals surface area contributed by atoms with E-state index in [1.54, 1.807) is 19.5 Å². The lowest BCUT2D eigenvalue weighted by Crippen LogP contribution is -2.44. The van der Waals surface area contributed by atoms with Crippen molar-refractivity contribution in [3.63, 3.8) is 0 Å². The van der Waals surface area contributed by atoms with Crippen LogP contribution in [0.15, 0.2) is 36.7 Å². The monoisotopic (exact) mass is 554 g/mol. The lowest BCUT2D eigenvalue weighted by molar-refractivity contribution is 0.0321. The lowest BCUT2D eigenvalue weighted by atomic mass is 10.0. The summed E-state index contributed by atoms with van der Waals surface area (Å²) >= 11 is 0. The number of anilines is 1. The third-order valence-electron chi connectivity index (χ3n) is 6.93. The molecule has 2 fully saturated rings. The Labute approximate surface area is 241 Å². The molecule has 0 aliphatic carbocycles. The Bertz CT molecular complexity index is 1120. The van der Waals surface area contributed by atoms with Gasteiger partial charge in [-0.25, -0.2) is 0 Å². The minimum absolute atomic E-state index is 0. The van der Waals surface area contributed by atoms with Gasteiger partial charge in [-0.2, -0.15) is 5.10 Å². The van der Waals surface area contributed by atoms with Crippen LogP contribution < -0.4 is 19.7 Å². The highest BCUT2D eigenvalue weighted by Gasteiger charge is 2.21. The molecule has 2 aliphatic heterocycles. The summed E-state index contributed by atoms with van der Waals surface area (Å²) in [6.07, 6.45) is 6.93. The number of ether oxygens (including phenoxy) is 3. The van der Waals surface area contributed by atoms with Crippen molar-refractivity contribution in [1.29, 1.82) is 0 Å². The summed E-state index contributed by atoms with van der Waals surface area (Å²) in [5.41, 5.74) is 2.06. The molecule has 2 aliphatic rings. The van der Waals surface area contributed by atoms with E-state index in [-0.39, 0.29) is 1.43 Å². The second-order valence-corrected chi connectivity index (χ2v) is 9.59. The summed E-state index contributed by atoms with van der Waals surface area (Å²) < 4.78 is 17.4. The van der Waals surface area contributed by atoms with Crippen molar-refractivity contribution in [3.8, 4) is 11.5 Å². The van der Waals surface area contributed by atoms with Crippen molar-refractivity contribution in [3.05, 3.63) is 47.9 Å². The largest absolute Gasteiger partial charge is 0.493 e. The molecule has 9 heteroatoms. The minimum Gasteiger partial charge on any atom is -0.493 e. The molecule has 0 amide bonds. The van der Waals surface area contributed by atoms with Crippen LogP contribution >= 0.6 is 0 Å². The Morgan fingerprint density at radius 3 is 2.25 bits per heavy atom. The van der Waals surface area contributed by atoms with Crippen LogP contribution in [0.4, 0.5) is 5.82 Å². The molecule has 1 N–H and O–H groups in total. The Morgan fingerprint density at radius 2 is 1.60 bits per heavy atom. The molecule has 2 aromatic heterocycles. The lowest BCUT2D eigenvalue weighted by Gasteiger charge is -2.29. The number of hydrogen-bond donors (Lipinski definition) is 1. The first kappa shape index (κ1) is 31.5. The minimum atomic E-state index is 0. The molecule has 9 nitrogen and oxygen atoms in total. The Kier molecular flexibility index (Phi) is 13.9. The molecule has 5 rings (SSSR count). The van der Waals surface area contributed by atoms with Gasteiger partial charge in [0.2, 0.25) is 0 Å². The number of benzene rings is 1. The number of hydrogen-bond acceptors (Lipinski definition) is 9. The van der Waals surface area contributed by atoms with Gasteiger partial charge in [0.1, 0.15) is 6.61 Å². The number of unbranched alkanes of at least 4 members (excludes halogenated alkanes) is 1. The van der Waals surface area contributed by atoms with Gasteiger partial charge in [-0.05, 0) is 29.8 Å². The van der Waals surface area contributed by atoms with Crippen LogP contribution in [0.2, 0.25) is 0 Å². The second-order valence-electron chi connectivity index (χ2n) is 9.59. The molecule has 40 heavy (non-hydrogen) atoms. The molecular weight excluding hydrogens is 504 g/mol. The van der Waals surface area contributed by atoms with Crippen molar-refractivity contribution in [2.75, 3.05) is 77.6 Å². The van der Waals surface area contributed by atoms with Crippen molar-refractivity contribution >= 4 is 16.6 Å². The molecule has 4 heterocycles. The van der Waals surface area contributed by atoms with Gasteiger partial charge in [0.05, 0.1) is 26.0 Å². The molecular formula is C31H50N6O3. The average Bonchev–Trinajstić information content (AvgIpc) is 3.03. The predicted molar refractivity (Wildman–Crippen MR) is 165 cm³/mol. The molecule has 0 bridgehead atoms. The van der Waals surface area contributed by atoms with Gasteiger partial charge in [0, 0.05) is 76.8 Å². The Morgan fingerprint density at radius 1 is 0.925 bits per heavy atom. The number of methoxy groups -OCH3 is 1. The van der Waals surface area contributed by atoms with E-state index < -0.39 is 0 Å². The number of aromatic nitrogens is 3. The number of rotatable bonds is 9. The van der Waals surface area contributed by atoms with Gasteiger partial charge in [0.25, 0.3) is 0 Å². The number of morpholine rings is 1. The smallest absolute Gasteiger partial charge is 0.161 e. The van der Waals surface area contributed by atoms with Crippen LogP contribution in [0.1, 0.15) is 53.2 Å². The number of fused-ring (bicyclic) bond motifs is 1. The summed E-state index contributed by atoms with van der Waals surface area (Å²) in [5.74, 6) is 2.35. The van der Waals surface area contributed by atoms with Gasteiger partial charge in [-0.3, -0.25) is 9.88 Å². The van der Waals surface area contributed by atoms with E-state index in [9.17, 15) is 0 Å². The highest BCUT2D eigenvalue weighted by Crippen LogP contribution is 2.37. The molecule has 0 unspecified atom stereocenters. The van der Waals surface area contributed by atoms with Crippen LogP contribution in [-0.2, 0) is 11.2 Å². The molecule has 3 aromatic rings. The van der Waals surface area contributed by atoms with Crippen LogP contribution in [0.25, 0.3) is 10.8 Å². The van der Waals surface area contributed by atoms with Gasteiger partial charge in [-0.15, -0.1) is 5.10 Å². The van der Waals surface area contributed by atoms with Crippen molar-refractivity contribution in [1.82, 2.24) is 25.4 Å². The summed E-state index contributed by atoms with van der Waals surface area (Å²) in [5, 5.41) is 14.8. The maximum atomic E-state index is 6.24. The van der Waals surface area contributed by atoms with E-state index in [1.807, 2.05) is 26.0 Å². The molecule has 0 radical (unpaired) electrons. The number of nitrogens with one attached hydrogen (secondary N) is 1. The highest BCUT2D eigenvalue weighted by atomic mass is 16.5. The maximum Gasteiger partial charge on any atom is 0.161 e. The summed E-state index contributed by atoms with van der Waals surface area (Å²) in [6.45, 7) is 16.9. The second kappa shape index (κ2) is 17.6. The molecule has 1 aromatic carbocycles. The zero-order valence-electron chi connectivity index (χ0n) is 25.1. The first-order valence-corrected chi connectivity index (χ1v) is 14.9. The van der Waals surface area contributed by atoms with Gasteiger partial charge >= 0.3 is 0 Å². The summed E-state index contributed by atoms with van der Waals surface area (Å²) in [6, 6.07) is 8.15. The third-order valence-corrected chi connectivity index (χ3v) is 6.93. The SMILES string of the molecule is CC.CCCC.COc1cc2c(Cc3ccncc3)nnc(N3CCNCC3)c2cc1OCCN1CCOCC1.[HH]. The van der Waals surface area contributed by atoms with Crippen LogP contribution in [-0.4, -0.2) is 92.8 Å². The summed E-state index contributed by atoms with van der Waals surface area (Å²) in [7, 11) is 1.68. The first-order valence-electron chi connectivity index (χ1n) is 14.9. The quantitative estimate of drug-likeness (QED) is 0.400. The third kappa shape index (κ3) is 9.01. The van der Waals surface area contributed by atoms with Crippen LogP contribution in [0.3, 0.4) is 0 Å².